The zero-order chi connectivity index (χ0) is 35.1. The SMILES string of the molecule is c1ccc(-c2nc(-c3ccc(-c4ccc(-c5cccc6c5oc5ccccc56)cc4)cc3)cc(-c3ccc(-c4ccc5ccccc5c4)cc3)n2)cc1. The van der Waals surface area contributed by atoms with Crippen LogP contribution in [0.5, 0.6) is 0 Å². The summed E-state index contributed by atoms with van der Waals surface area (Å²) in [7, 11) is 0. The van der Waals surface area contributed by atoms with Crippen molar-refractivity contribution in [2.45, 2.75) is 0 Å². The fourth-order valence-electron chi connectivity index (χ4n) is 7.31. The van der Waals surface area contributed by atoms with Crippen molar-refractivity contribution < 1.29 is 4.42 Å². The number of hydrogen-bond donors (Lipinski definition) is 0. The van der Waals surface area contributed by atoms with Gasteiger partial charge in [0.1, 0.15) is 11.2 Å². The van der Waals surface area contributed by atoms with E-state index in [9.17, 15) is 0 Å². The first-order chi connectivity index (χ1) is 26.2. The van der Waals surface area contributed by atoms with Crippen LogP contribution in [0.4, 0.5) is 0 Å². The fraction of sp³-hybridized carbons (Fsp3) is 0. The highest BCUT2D eigenvalue weighted by molar-refractivity contribution is 6.09. The normalized spacial score (nSPS) is 11.4. The Morgan fingerprint density at radius 1 is 0.321 bits per heavy atom. The van der Waals surface area contributed by atoms with Crippen molar-refractivity contribution >= 4 is 32.7 Å². The average molecular weight is 677 g/mol. The molecule has 0 unspecified atom stereocenters. The van der Waals surface area contributed by atoms with Crippen LogP contribution < -0.4 is 0 Å². The van der Waals surface area contributed by atoms with Crippen molar-refractivity contribution in [2.75, 3.05) is 0 Å². The molecular formula is C50H32N2O. The van der Waals surface area contributed by atoms with Crippen molar-refractivity contribution in [3.05, 3.63) is 194 Å². The zero-order valence-corrected chi connectivity index (χ0v) is 28.8. The summed E-state index contributed by atoms with van der Waals surface area (Å²) in [5, 5.41) is 4.76. The van der Waals surface area contributed by atoms with Gasteiger partial charge in [0.05, 0.1) is 11.4 Å². The predicted molar refractivity (Wildman–Crippen MR) is 219 cm³/mol. The smallest absolute Gasteiger partial charge is 0.160 e. The quantitative estimate of drug-likeness (QED) is 0.176. The standard InChI is InChI=1S/C50H32N2O/c1-2-10-40(11-3-1)50-51-46(32-47(52-50)39-28-21-36(22-29-39)42-30-23-33-9-4-5-12-41(33)31-42)38-26-19-35(20-27-38)34-17-24-37(25-18-34)43-14-8-15-45-44-13-6-7-16-48(44)53-49(43)45/h1-32H. The molecule has 0 saturated carbocycles. The largest absolute Gasteiger partial charge is 0.455 e. The van der Waals surface area contributed by atoms with E-state index in [0.29, 0.717) is 5.82 Å². The maximum Gasteiger partial charge on any atom is 0.160 e. The molecule has 10 rings (SSSR count). The van der Waals surface area contributed by atoms with Crippen molar-refractivity contribution in [3.63, 3.8) is 0 Å². The summed E-state index contributed by atoms with van der Waals surface area (Å²) in [6, 6.07) is 68.1. The first-order valence-corrected chi connectivity index (χ1v) is 17.9. The minimum Gasteiger partial charge on any atom is -0.455 e. The summed E-state index contributed by atoms with van der Waals surface area (Å²) >= 11 is 0. The van der Waals surface area contributed by atoms with Gasteiger partial charge in [-0.05, 0) is 56.8 Å². The maximum atomic E-state index is 6.31. The average Bonchev–Trinajstić information content (AvgIpc) is 3.63. The molecule has 0 N–H and O–H groups in total. The topological polar surface area (TPSA) is 38.9 Å². The number of aromatic nitrogens is 2. The van der Waals surface area contributed by atoms with Gasteiger partial charge in [-0.15, -0.1) is 0 Å². The van der Waals surface area contributed by atoms with E-state index in [2.05, 4.69) is 164 Å². The second kappa shape index (κ2) is 12.9. The minimum atomic E-state index is 0.704. The lowest BCUT2D eigenvalue weighted by Crippen LogP contribution is -1.96. The summed E-state index contributed by atoms with van der Waals surface area (Å²) in [5.41, 5.74) is 13.6. The van der Waals surface area contributed by atoms with Gasteiger partial charge in [-0.1, -0.05) is 176 Å². The van der Waals surface area contributed by atoms with Crippen LogP contribution in [0.1, 0.15) is 0 Å². The molecule has 10 aromatic rings. The lowest BCUT2D eigenvalue weighted by molar-refractivity contribution is 0.670. The third-order valence-corrected chi connectivity index (χ3v) is 10.1. The number of para-hydroxylation sites is 2. The predicted octanol–water partition coefficient (Wildman–Crippen LogP) is 13.5. The van der Waals surface area contributed by atoms with Gasteiger partial charge in [-0.3, -0.25) is 0 Å². The molecule has 2 aromatic heterocycles. The molecule has 8 aromatic carbocycles. The fourth-order valence-corrected chi connectivity index (χ4v) is 7.31. The van der Waals surface area contributed by atoms with E-state index in [1.807, 2.05) is 30.3 Å². The van der Waals surface area contributed by atoms with E-state index in [1.165, 1.54) is 21.9 Å². The van der Waals surface area contributed by atoms with Gasteiger partial charge in [0.2, 0.25) is 0 Å². The molecule has 2 heterocycles. The molecule has 0 aliphatic rings. The summed E-state index contributed by atoms with van der Waals surface area (Å²) in [6.07, 6.45) is 0. The molecule has 0 radical (unpaired) electrons. The van der Waals surface area contributed by atoms with E-state index in [1.54, 1.807) is 0 Å². The third-order valence-electron chi connectivity index (χ3n) is 10.1. The Labute approximate surface area is 307 Å². The molecule has 0 aliphatic heterocycles. The molecule has 3 heteroatoms. The highest BCUT2D eigenvalue weighted by atomic mass is 16.3. The van der Waals surface area contributed by atoms with E-state index in [4.69, 9.17) is 14.4 Å². The molecule has 3 nitrogen and oxygen atoms in total. The second-order valence-electron chi connectivity index (χ2n) is 13.4. The van der Waals surface area contributed by atoms with Gasteiger partial charge in [-0.25, -0.2) is 9.97 Å². The van der Waals surface area contributed by atoms with Crippen LogP contribution in [0.15, 0.2) is 199 Å². The number of rotatable bonds is 6. The van der Waals surface area contributed by atoms with E-state index >= 15 is 0 Å². The number of hydrogen-bond acceptors (Lipinski definition) is 3. The number of benzene rings is 8. The minimum absolute atomic E-state index is 0.704. The molecule has 0 saturated heterocycles. The molecule has 0 spiro atoms. The molecule has 0 bridgehead atoms. The van der Waals surface area contributed by atoms with Crippen molar-refractivity contribution in [3.8, 4) is 67.3 Å². The van der Waals surface area contributed by atoms with Crippen LogP contribution in [0.3, 0.4) is 0 Å². The van der Waals surface area contributed by atoms with Gasteiger partial charge in [-0.2, -0.15) is 0 Å². The van der Waals surface area contributed by atoms with Gasteiger partial charge in [0.15, 0.2) is 5.82 Å². The summed E-state index contributed by atoms with van der Waals surface area (Å²) in [6.45, 7) is 0. The van der Waals surface area contributed by atoms with Crippen LogP contribution >= 0.6 is 0 Å². The van der Waals surface area contributed by atoms with Crippen molar-refractivity contribution in [1.82, 2.24) is 9.97 Å². The van der Waals surface area contributed by atoms with Gasteiger partial charge in [0, 0.05) is 33.0 Å². The van der Waals surface area contributed by atoms with Gasteiger partial charge in [0.25, 0.3) is 0 Å². The lowest BCUT2D eigenvalue weighted by atomic mass is 9.97. The Bertz CT molecular complexity index is 2910. The van der Waals surface area contributed by atoms with Gasteiger partial charge >= 0.3 is 0 Å². The zero-order valence-electron chi connectivity index (χ0n) is 28.8. The first kappa shape index (κ1) is 30.7. The van der Waals surface area contributed by atoms with Crippen LogP contribution in [-0.4, -0.2) is 9.97 Å². The summed E-state index contributed by atoms with van der Waals surface area (Å²) < 4.78 is 6.31. The van der Waals surface area contributed by atoms with Crippen LogP contribution in [0.2, 0.25) is 0 Å². The number of furan rings is 1. The second-order valence-corrected chi connectivity index (χ2v) is 13.4. The number of nitrogens with zero attached hydrogens (tertiary/aromatic N) is 2. The molecule has 0 amide bonds. The lowest BCUT2D eigenvalue weighted by Gasteiger charge is -2.11. The van der Waals surface area contributed by atoms with Crippen LogP contribution in [0.25, 0.3) is 100.0 Å². The van der Waals surface area contributed by atoms with E-state index in [-0.39, 0.29) is 0 Å². The Balaban J connectivity index is 0.962. The highest BCUT2D eigenvalue weighted by Crippen LogP contribution is 2.37. The third kappa shape index (κ3) is 5.75. The first-order valence-electron chi connectivity index (χ1n) is 17.9. The van der Waals surface area contributed by atoms with Crippen LogP contribution in [0, 0.1) is 0 Å². The molecule has 248 valence electrons. The van der Waals surface area contributed by atoms with Gasteiger partial charge < -0.3 is 4.42 Å². The molecule has 0 aliphatic carbocycles. The highest BCUT2D eigenvalue weighted by Gasteiger charge is 2.14. The maximum absolute atomic E-state index is 6.31. The molecule has 0 fully saturated rings. The Morgan fingerprint density at radius 3 is 1.55 bits per heavy atom. The summed E-state index contributed by atoms with van der Waals surface area (Å²) in [5.74, 6) is 0.704. The number of fused-ring (bicyclic) bond motifs is 4. The Morgan fingerprint density at radius 2 is 0.849 bits per heavy atom. The molecule has 53 heavy (non-hydrogen) atoms. The van der Waals surface area contributed by atoms with E-state index in [0.717, 1.165) is 72.3 Å². The summed E-state index contributed by atoms with van der Waals surface area (Å²) in [4.78, 5) is 10.1. The Kier molecular flexibility index (Phi) is 7.47. The van der Waals surface area contributed by atoms with E-state index < -0.39 is 0 Å². The molecule has 0 atom stereocenters. The molecular weight excluding hydrogens is 645 g/mol. The van der Waals surface area contributed by atoms with Crippen molar-refractivity contribution in [1.29, 1.82) is 0 Å². The Hall–Kier alpha value is -7.10. The monoisotopic (exact) mass is 676 g/mol. The van der Waals surface area contributed by atoms with Crippen molar-refractivity contribution in [2.24, 2.45) is 0 Å². The van der Waals surface area contributed by atoms with Crippen LogP contribution in [-0.2, 0) is 0 Å².